The van der Waals surface area contributed by atoms with Gasteiger partial charge in [0.2, 0.25) is 0 Å². The molecule has 0 aliphatic carbocycles. The van der Waals surface area contributed by atoms with Crippen molar-refractivity contribution in [2.24, 2.45) is 0 Å². The Bertz CT molecular complexity index is 260. The summed E-state index contributed by atoms with van der Waals surface area (Å²) in [4.78, 5) is 0. The highest BCUT2D eigenvalue weighted by atomic mass is 16.5. The van der Waals surface area contributed by atoms with Crippen LogP contribution in [0.1, 0.15) is 25.7 Å². The molecule has 0 aliphatic heterocycles. The van der Waals surface area contributed by atoms with Crippen LogP contribution in [0.5, 0.6) is 0 Å². The fourth-order valence-corrected chi connectivity index (χ4v) is 1.11. The number of methoxy groups -OCH3 is 1. The summed E-state index contributed by atoms with van der Waals surface area (Å²) >= 11 is 0. The molecule has 0 saturated carbocycles. The van der Waals surface area contributed by atoms with E-state index in [-0.39, 0.29) is 0 Å². The van der Waals surface area contributed by atoms with Gasteiger partial charge in [-0.3, -0.25) is 0 Å². The molecule has 14 heavy (non-hydrogen) atoms. The highest BCUT2D eigenvalue weighted by Crippen LogP contribution is 2.06. The van der Waals surface area contributed by atoms with Gasteiger partial charge in [0.1, 0.15) is 12.9 Å². The Morgan fingerprint density at radius 1 is 1.43 bits per heavy atom. The van der Waals surface area contributed by atoms with Crippen LogP contribution in [0.3, 0.4) is 0 Å². The van der Waals surface area contributed by atoms with Crippen molar-refractivity contribution in [3.63, 3.8) is 0 Å². The Morgan fingerprint density at radius 2 is 2.21 bits per heavy atom. The van der Waals surface area contributed by atoms with Crippen LogP contribution < -0.4 is 0 Å². The van der Waals surface area contributed by atoms with E-state index in [0.29, 0.717) is 25.9 Å². The van der Waals surface area contributed by atoms with Gasteiger partial charge in [0.15, 0.2) is 5.82 Å². The maximum absolute atomic E-state index is 5.36. The second-order valence-electron chi connectivity index (χ2n) is 3.29. The van der Waals surface area contributed by atoms with Gasteiger partial charge < -0.3 is 14.0 Å². The van der Waals surface area contributed by atoms with Gasteiger partial charge in [-0.15, -0.1) is 10.2 Å². The third-order valence-electron chi connectivity index (χ3n) is 1.87. The second kappa shape index (κ2) is 5.72. The molecule has 0 spiro atoms. The minimum Gasteiger partial charge on any atom is -0.382 e. The van der Waals surface area contributed by atoms with Crippen LogP contribution >= 0.6 is 0 Å². The summed E-state index contributed by atoms with van der Waals surface area (Å²) in [5.41, 5.74) is 0. The number of rotatable bonds is 6. The van der Waals surface area contributed by atoms with Crippen molar-refractivity contribution >= 4 is 0 Å². The van der Waals surface area contributed by atoms with Crippen LogP contribution in [0.25, 0.3) is 0 Å². The number of hydrogen-bond donors (Lipinski definition) is 0. The molecule has 0 radical (unpaired) electrons. The van der Waals surface area contributed by atoms with E-state index in [9.17, 15) is 0 Å². The van der Waals surface area contributed by atoms with Crippen LogP contribution in [-0.4, -0.2) is 35.1 Å². The number of aromatic nitrogens is 3. The third-order valence-corrected chi connectivity index (χ3v) is 1.87. The SMILES string of the molecule is COCCOCc1nncn1C(C)C. The Kier molecular flexibility index (Phi) is 4.55. The fraction of sp³-hybridized carbons (Fsp3) is 0.778. The van der Waals surface area contributed by atoms with Crippen LogP contribution in [0.2, 0.25) is 0 Å². The van der Waals surface area contributed by atoms with Crippen LogP contribution in [0.15, 0.2) is 6.33 Å². The molecule has 5 nitrogen and oxygen atoms in total. The standard InChI is InChI=1S/C9H17N3O2/c1-8(2)12-7-10-11-9(12)6-14-5-4-13-3/h7-8H,4-6H2,1-3H3. The van der Waals surface area contributed by atoms with Crippen LogP contribution in [0.4, 0.5) is 0 Å². The lowest BCUT2D eigenvalue weighted by molar-refractivity contribution is 0.0568. The molecule has 0 bridgehead atoms. The first kappa shape index (κ1) is 11.1. The topological polar surface area (TPSA) is 49.2 Å². The zero-order chi connectivity index (χ0) is 10.4. The lowest BCUT2D eigenvalue weighted by Gasteiger charge is -2.09. The molecule has 1 rings (SSSR count). The summed E-state index contributed by atoms with van der Waals surface area (Å²) in [6, 6.07) is 0.367. The zero-order valence-corrected chi connectivity index (χ0v) is 8.93. The Hall–Kier alpha value is -0.940. The molecule has 1 aromatic heterocycles. The van der Waals surface area contributed by atoms with Gasteiger partial charge in [0.05, 0.1) is 13.2 Å². The van der Waals surface area contributed by atoms with E-state index in [4.69, 9.17) is 9.47 Å². The summed E-state index contributed by atoms with van der Waals surface area (Å²) in [7, 11) is 1.65. The predicted molar refractivity (Wildman–Crippen MR) is 51.9 cm³/mol. The largest absolute Gasteiger partial charge is 0.382 e. The minimum atomic E-state index is 0.367. The molecular formula is C9H17N3O2. The fourth-order valence-electron chi connectivity index (χ4n) is 1.11. The first-order valence-electron chi connectivity index (χ1n) is 4.70. The summed E-state index contributed by atoms with van der Waals surface area (Å²) < 4.78 is 12.2. The van der Waals surface area contributed by atoms with Crippen molar-refractivity contribution in [3.8, 4) is 0 Å². The molecule has 0 amide bonds. The third kappa shape index (κ3) is 3.08. The quantitative estimate of drug-likeness (QED) is 0.642. The molecule has 0 saturated heterocycles. The van der Waals surface area contributed by atoms with Crippen molar-refractivity contribution in [3.05, 3.63) is 12.2 Å². The molecule has 80 valence electrons. The smallest absolute Gasteiger partial charge is 0.159 e. The average molecular weight is 199 g/mol. The van der Waals surface area contributed by atoms with Gasteiger partial charge in [0, 0.05) is 13.2 Å². The highest BCUT2D eigenvalue weighted by molar-refractivity contribution is 4.85. The molecule has 1 heterocycles. The van der Waals surface area contributed by atoms with Gasteiger partial charge in [-0.05, 0) is 13.8 Å². The zero-order valence-electron chi connectivity index (χ0n) is 8.93. The molecule has 0 atom stereocenters. The Morgan fingerprint density at radius 3 is 2.86 bits per heavy atom. The van der Waals surface area contributed by atoms with E-state index in [1.165, 1.54) is 0 Å². The first-order chi connectivity index (χ1) is 6.75. The van der Waals surface area contributed by atoms with Crippen LogP contribution in [-0.2, 0) is 16.1 Å². The lowest BCUT2D eigenvalue weighted by Crippen LogP contribution is -2.09. The van der Waals surface area contributed by atoms with Crippen molar-refractivity contribution < 1.29 is 9.47 Å². The van der Waals surface area contributed by atoms with E-state index in [1.54, 1.807) is 13.4 Å². The van der Waals surface area contributed by atoms with Crippen molar-refractivity contribution in [2.45, 2.75) is 26.5 Å². The van der Waals surface area contributed by atoms with Crippen LogP contribution in [0, 0.1) is 0 Å². The van der Waals surface area contributed by atoms with Gasteiger partial charge >= 0.3 is 0 Å². The summed E-state index contributed by atoms with van der Waals surface area (Å²) in [5, 5.41) is 7.83. The van der Waals surface area contributed by atoms with Gasteiger partial charge in [-0.1, -0.05) is 0 Å². The van der Waals surface area contributed by atoms with E-state index in [1.807, 2.05) is 4.57 Å². The van der Waals surface area contributed by atoms with Gasteiger partial charge in [-0.25, -0.2) is 0 Å². The molecule has 1 aromatic rings. The Labute approximate surface area is 84.0 Å². The normalized spacial score (nSPS) is 11.1. The molecule has 5 heteroatoms. The first-order valence-corrected chi connectivity index (χ1v) is 4.70. The number of hydrogen-bond acceptors (Lipinski definition) is 4. The van der Waals surface area contributed by atoms with Gasteiger partial charge in [0.25, 0.3) is 0 Å². The summed E-state index contributed by atoms with van der Waals surface area (Å²) in [6.45, 7) is 5.85. The highest BCUT2D eigenvalue weighted by Gasteiger charge is 2.06. The number of nitrogens with zero attached hydrogens (tertiary/aromatic N) is 3. The van der Waals surface area contributed by atoms with E-state index in [0.717, 1.165) is 5.82 Å². The van der Waals surface area contributed by atoms with Crippen molar-refractivity contribution in [1.82, 2.24) is 14.8 Å². The maximum atomic E-state index is 5.36. The second-order valence-corrected chi connectivity index (χ2v) is 3.29. The van der Waals surface area contributed by atoms with E-state index in [2.05, 4.69) is 24.0 Å². The molecule has 0 fully saturated rings. The molecule has 0 aliphatic rings. The minimum absolute atomic E-state index is 0.367. The Balaban J connectivity index is 2.38. The van der Waals surface area contributed by atoms with Crippen molar-refractivity contribution in [2.75, 3.05) is 20.3 Å². The monoisotopic (exact) mass is 199 g/mol. The molecule has 0 N–H and O–H groups in total. The van der Waals surface area contributed by atoms with Crippen molar-refractivity contribution in [1.29, 1.82) is 0 Å². The average Bonchev–Trinajstić information content (AvgIpc) is 2.60. The molecule has 0 unspecified atom stereocenters. The lowest BCUT2D eigenvalue weighted by atomic mass is 10.4. The molecular weight excluding hydrogens is 182 g/mol. The number of ether oxygens (including phenoxy) is 2. The maximum Gasteiger partial charge on any atom is 0.159 e. The molecule has 0 aromatic carbocycles. The summed E-state index contributed by atoms with van der Waals surface area (Å²) in [6.07, 6.45) is 1.72. The summed E-state index contributed by atoms with van der Waals surface area (Å²) in [5.74, 6) is 0.858. The van der Waals surface area contributed by atoms with E-state index >= 15 is 0 Å². The van der Waals surface area contributed by atoms with E-state index < -0.39 is 0 Å². The predicted octanol–water partition coefficient (Wildman–Crippen LogP) is 1.02. The van der Waals surface area contributed by atoms with Gasteiger partial charge in [-0.2, -0.15) is 0 Å².